The van der Waals surface area contributed by atoms with Crippen LogP contribution in [0.5, 0.6) is 0 Å². The van der Waals surface area contributed by atoms with Crippen LogP contribution in [-0.2, 0) is 4.79 Å². The monoisotopic (exact) mass is 314 g/mol. The van der Waals surface area contributed by atoms with Gasteiger partial charge in [0.05, 0.1) is 0 Å². The molecule has 0 saturated heterocycles. The minimum atomic E-state index is -0.404. The van der Waals surface area contributed by atoms with Crippen LogP contribution in [0, 0.1) is 10.8 Å². The molecule has 2 saturated carbocycles. The second-order valence-electron chi connectivity index (χ2n) is 6.40. The molecule has 0 amide bonds. The average Bonchev–Trinajstić information content (AvgIpc) is 2.49. The third kappa shape index (κ3) is 2.85. The van der Waals surface area contributed by atoms with Gasteiger partial charge in [0.15, 0.2) is 5.78 Å². The van der Waals surface area contributed by atoms with Crippen LogP contribution in [0.4, 0.5) is 0 Å². The fraction of sp³-hybridized carbons (Fsp3) is 0.706. The van der Waals surface area contributed by atoms with E-state index in [2.05, 4.69) is 13.2 Å². The Labute approximate surface area is 132 Å². The van der Waals surface area contributed by atoms with E-state index in [1.807, 2.05) is 12.2 Å². The average molecular weight is 315 g/mol. The fourth-order valence-corrected chi connectivity index (χ4v) is 4.18. The van der Waals surface area contributed by atoms with Gasteiger partial charge in [0, 0.05) is 21.6 Å². The summed E-state index contributed by atoms with van der Waals surface area (Å²) in [4.78, 5) is 13.2. The number of halogens is 2. The highest BCUT2D eigenvalue weighted by molar-refractivity contribution is 6.21. The molecule has 0 unspecified atom stereocenters. The summed E-state index contributed by atoms with van der Waals surface area (Å²) in [7, 11) is 0. The van der Waals surface area contributed by atoms with Gasteiger partial charge in [0.25, 0.3) is 0 Å². The molecule has 0 radical (unpaired) electrons. The Morgan fingerprint density at radius 2 is 1.15 bits per heavy atom. The van der Waals surface area contributed by atoms with Crippen LogP contribution < -0.4 is 0 Å². The third-order valence-electron chi connectivity index (χ3n) is 5.30. The fourth-order valence-electron chi connectivity index (χ4n) is 3.74. The molecule has 0 aromatic heterocycles. The minimum Gasteiger partial charge on any atom is -0.298 e. The number of ketones is 1. The Kier molecular flexibility index (Phi) is 5.02. The molecule has 2 rings (SSSR count). The molecule has 0 aromatic rings. The number of carbonyl (C=O) groups excluding carboxylic acids is 1. The maximum absolute atomic E-state index is 13.2. The van der Waals surface area contributed by atoms with E-state index in [0.29, 0.717) is 5.78 Å². The first-order valence-electron chi connectivity index (χ1n) is 7.58. The van der Waals surface area contributed by atoms with Gasteiger partial charge in [0.1, 0.15) is 0 Å². The number of Topliss-reactive ketones (excluding diaryl/α,β-unsaturated/α-hetero) is 1. The van der Waals surface area contributed by atoms with Gasteiger partial charge in [0.2, 0.25) is 0 Å². The summed E-state index contributed by atoms with van der Waals surface area (Å²) < 4.78 is 0. The van der Waals surface area contributed by atoms with Crippen molar-refractivity contribution in [1.82, 2.24) is 0 Å². The third-order valence-corrected chi connectivity index (χ3v) is 6.17. The first-order chi connectivity index (χ1) is 9.48. The van der Waals surface area contributed by atoms with Gasteiger partial charge in [-0.1, -0.05) is 12.2 Å². The van der Waals surface area contributed by atoms with Crippen LogP contribution in [0.25, 0.3) is 0 Å². The molecule has 3 heteroatoms. The topological polar surface area (TPSA) is 17.1 Å². The zero-order valence-corrected chi connectivity index (χ0v) is 13.6. The number of carbonyl (C=O) groups is 1. The first-order valence-corrected chi connectivity index (χ1v) is 8.45. The molecule has 0 N–H and O–H groups in total. The second kappa shape index (κ2) is 6.23. The molecule has 0 aromatic carbocycles. The molecule has 2 aliphatic carbocycles. The van der Waals surface area contributed by atoms with Crippen molar-refractivity contribution in [3.8, 4) is 0 Å². The van der Waals surface area contributed by atoms with E-state index in [-0.39, 0.29) is 10.8 Å². The van der Waals surface area contributed by atoms with E-state index in [9.17, 15) is 4.79 Å². The van der Waals surface area contributed by atoms with Crippen molar-refractivity contribution in [2.24, 2.45) is 10.8 Å². The quantitative estimate of drug-likeness (QED) is 0.510. The Balaban J connectivity index is 2.22. The lowest BCUT2D eigenvalue weighted by atomic mass is 9.59. The summed E-state index contributed by atoms with van der Waals surface area (Å²) in [5, 5.41) is 0.406. The molecule has 2 fully saturated rings. The highest BCUT2D eigenvalue weighted by Gasteiger charge is 2.49. The molecule has 20 heavy (non-hydrogen) atoms. The highest BCUT2D eigenvalue weighted by atomic mass is 35.5. The molecule has 0 spiro atoms. The summed E-state index contributed by atoms with van der Waals surface area (Å²) in [5.74, 6) is 0.308. The van der Waals surface area contributed by atoms with Crippen LogP contribution in [0.15, 0.2) is 25.3 Å². The number of hydrogen-bond acceptors (Lipinski definition) is 1. The van der Waals surface area contributed by atoms with Crippen LogP contribution in [-0.4, -0.2) is 16.5 Å². The van der Waals surface area contributed by atoms with Crippen molar-refractivity contribution < 1.29 is 4.79 Å². The van der Waals surface area contributed by atoms with E-state index in [1.54, 1.807) is 0 Å². The van der Waals surface area contributed by atoms with Crippen LogP contribution in [0.1, 0.15) is 51.4 Å². The number of rotatable bonds is 4. The summed E-state index contributed by atoms with van der Waals surface area (Å²) in [6.45, 7) is 7.91. The summed E-state index contributed by atoms with van der Waals surface area (Å²) >= 11 is 12.4. The number of allylic oxidation sites excluding steroid dienone is 2. The smallest absolute Gasteiger partial charge is 0.152 e. The zero-order chi connectivity index (χ0) is 14.8. The van der Waals surface area contributed by atoms with E-state index in [0.717, 1.165) is 51.4 Å². The molecule has 0 heterocycles. The summed E-state index contributed by atoms with van der Waals surface area (Å²) in [6.07, 6.45) is 10.6. The van der Waals surface area contributed by atoms with Gasteiger partial charge in [-0.3, -0.25) is 4.79 Å². The minimum absolute atomic E-state index is 0.203. The molecular weight excluding hydrogens is 291 g/mol. The summed E-state index contributed by atoms with van der Waals surface area (Å²) in [5.41, 5.74) is -0.808. The summed E-state index contributed by atoms with van der Waals surface area (Å²) in [6, 6.07) is 0. The van der Waals surface area contributed by atoms with E-state index < -0.39 is 10.8 Å². The standard InChI is InChI=1S/C17H24Cl2O/c1-3-16(9-5-13(18)6-10-16)15(20)17(4-2)11-7-14(19)8-12-17/h3-4,13-14H,1-2,5-12H2. The van der Waals surface area contributed by atoms with Gasteiger partial charge in [-0.05, 0) is 51.4 Å². The van der Waals surface area contributed by atoms with Crippen LogP contribution in [0.3, 0.4) is 0 Å². The van der Waals surface area contributed by atoms with Crippen molar-refractivity contribution in [1.29, 1.82) is 0 Å². The molecule has 0 aliphatic heterocycles. The maximum Gasteiger partial charge on any atom is 0.152 e. The van der Waals surface area contributed by atoms with Gasteiger partial charge in [-0.2, -0.15) is 0 Å². The lowest BCUT2D eigenvalue weighted by Gasteiger charge is -2.44. The Morgan fingerprint density at radius 1 is 0.850 bits per heavy atom. The molecule has 0 bridgehead atoms. The predicted molar refractivity (Wildman–Crippen MR) is 86.5 cm³/mol. The van der Waals surface area contributed by atoms with Crippen LogP contribution >= 0.6 is 23.2 Å². The Bertz CT molecular complexity index is 350. The SMILES string of the molecule is C=CC1(C(=O)C2(C=C)CCC(Cl)CC2)CCC(Cl)CC1. The van der Waals surface area contributed by atoms with E-state index in [1.165, 1.54) is 0 Å². The predicted octanol–water partition coefficient (Wildman–Crippen LogP) is 5.26. The van der Waals surface area contributed by atoms with Crippen molar-refractivity contribution in [3.63, 3.8) is 0 Å². The van der Waals surface area contributed by atoms with Crippen molar-refractivity contribution in [2.45, 2.75) is 62.1 Å². The Morgan fingerprint density at radius 3 is 1.40 bits per heavy atom. The van der Waals surface area contributed by atoms with Crippen molar-refractivity contribution in [2.75, 3.05) is 0 Å². The van der Waals surface area contributed by atoms with Crippen molar-refractivity contribution >= 4 is 29.0 Å². The van der Waals surface area contributed by atoms with Gasteiger partial charge >= 0.3 is 0 Å². The lowest BCUT2D eigenvalue weighted by Crippen LogP contribution is -2.45. The van der Waals surface area contributed by atoms with Gasteiger partial charge in [-0.25, -0.2) is 0 Å². The zero-order valence-electron chi connectivity index (χ0n) is 12.0. The van der Waals surface area contributed by atoms with Crippen LogP contribution in [0.2, 0.25) is 0 Å². The van der Waals surface area contributed by atoms with Gasteiger partial charge in [-0.15, -0.1) is 36.4 Å². The number of alkyl halides is 2. The largest absolute Gasteiger partial charge is 0.298 e. The van der Waals surface area contributed by atoms with Crippen molar-refractivity contribution in [3.05, 3.63) is 25.3 Å². The molecule has 1 nitrogen and oxygen atoms in total. The normalized spacial score (nSPS) is 41.9. The molecular formula is C17H24Cl2O. The molecule has 112 valence electrons. The highest BCUT2D eigenvalue weighted by Crippen LogP contribution is 2.50. The second-order valence-corrected chi connectivity index (χ2v) is 7.63. The Hall–Kier alpha value is -0.270. The van der Waals surface area contributed by atoms with Gasteiger partial charge < -0.3 is 0 Å². The maximum atomic E-state index is 13.2. The lowest BCUT2D eigenvalue weighted by molar-refractivity contribution is -0.137. The molecule has 0 atom stereocenters. The van der Waals surface area contributed by atoms with E-state index >= 15 is 0 Å². The number of hydrogen-bond donors (Lipinski definition) is 0. The first kappa shape index (κ1) is 16.1. The van der Waals surface area contributed by atoms with E-state index in [4.69, 9.17) is 23.2 Å². The molecule has 2 aliphatic rings.